The number of rotatable bonds is 12. The van der Waals surface area contributed by atoms with Gasteiger partial charge in [-0.05, 0) is 44.7 Å². The molecule has 0 unspecified atom stereocenters. The molecule has 31 heavy (non-hydrogen) atoms. The van der Waals surface area contributed by atoms with Gasteiger partial charge in [0.1, 0.15) is 6.04 Å². The fourth-order valence-corrected chi connectivity index (χ4v) is 2.29. The number of nitrogens with zero attached hydrogens (tertiary/aromatic N) is 1. The number of carboxylic acids is 2. The molecule has 0 aliphatic rings. The fourth-order valence-electron chi connectivity index (χ4n) is 2.29. The summed E-state index contributed by atoms with van der Waals surface area (Å²) in [6, 6.07) is 1.71. The molecule has 0 radical (unpaired) electrons. The zero-order valence-corrected chi connectivity index (χ0v) is 17.1. The molecule has 0 fully saturated rings. The second kappa shape index (κ2) is 16.1. The first-order valence-electron chi connectivity index (χ1n) is 9.40. The first kappa shape index (κ1) is 27.2. The number of pyridine rings is 1. The van der Waals surface area contributed by atoms with Crippen molar-refractivity contribution in [2.75, 3.05) is 13.1 Å². The number of hydrogen-bond donors (Lipinski definition) is 5. The molecule has 1 aromatic heterocycles. The minimum absolute atomic E-state index is 0.0764. The third kappa shape index (κ3) is 13.9. The molecule has 3 amide bonds. The number of carbonyl (C=O) groups excluding carboxylic acids is 4. The third-order valence-corrected chi connectivity index (χ3v) is 3.84. The molecule has 0 spiro atoms. The maximum absolute atomic E-state index is 11.9. The van der Waals surface area contributed by atoms with Crippen molar-refractivity contribution in [3.63, 3.8) is 0 Å². The molecule has 0 aromatic carbocycles. The molecule has 0 aliphatic heterocycles. The molecule has 0 saturated carbocycles. The molecule has 12 heteroatoms. The minimum Gasteiger partial charge on any atom is -0.481 e. The van der Waals surface area contributed by atoms with E-state index in [1.165, 1.54) is 6.20 Å². The van der Waals surface area contributed by atoms with E-state index in [2.05, 4.69) is 20.9 Å². The number of nitrogens with one attached hydrogen (secondary N) is 3. The summed E-state index contributed by atoms with van der Waals surface area (Å²) in [6.07, 6.45) is 3.17. The smallest absolute Gasteiger partial charge is 0.373 e. The van der Waals surface area contributed by atoms with Crippen LogP contribution in [0.5, 0.6) is 0 Å². The Labute approximate surface area is 178 Å². The van der Waals surface area contributed by atoms with Gasteiger partial charge in [0.2, 0.25) is 0 Å². The van der Waals surface area contributed by atoms with Gasteiger partial charge in [0.05, 0.1) is 5.56 Å². The van der Waals surface area contributed by atoms with Crippen LogP contribution in [-0.4, -0.2) is 64.4 Å². The van der Waals surface area contributed by atoms with Gasteiger partial charge in [-0.2, -0.15) is 9.59 Å². The van der Waals surface area contributed by atoms with Crippen LogP contribution in [0.4, 0.5) is 4.79 Å². The lowest BCUT2D eigenvalue weighted by molar-refractivity contribution is -0.191. The standard InChI is InChI=1S/C18H26N4O6.CO2/c1-12-7-8-13(11-21-12)16(25)19-9-3-2-5-14(17(26)27)22-18(28)20-10-4-6-15(23)24;2-1-3/h7-8,11,14H,2-6,9-10H2,1H3,(H,19,25)(H,23,24)(H,26,27)(H2,20,22,28);/t14-;/m0./s1. The summed E-state index contributed by atoms with van der Waals surface area (Å²) in [5.41, 5.74) is 1.27. The highest BCUT2D eigenvalue weighted by Gasteiger charge is 2.19. The average Bonchev–Trinajstić information content (AvgIpc) is 2.70. The summed E-state index contributed by atoms with van der Waals surface area (Å²) in [7, 11) is 0. The summed E-state index contributed by atoms with van der Waals surface area (Å²) in [5.74, 6) is -2.37. The van der Waals surface area contributed by atoms with Crippen molar-refractivity contribution in [2.45, 2.75) is 45.1 Å². The number of carboxylic acid groups (broad SMARTS) is 2. The third-order valence-electron chi connectivity index (χ3n) is 3.84. The number of amides is 3. The van der Waals surface area contributed by atoms with Gasteiger partial charge in [-0.1, -0.05) is 0 Å². The van der Waals surface area contributed by atoms with E-state index < -0.39 is 24.0 Å². The maximum Gasteiger partial charge on any atom is 0.373 e. The van der Waals surface area contributed by atoms with Crippen molar-refractivity contribution in [2.24, 2.45) is 0 Å². The lowest BCUT2D eigenvalue weighted by atomic mass is 10.1. The van der Waals surface area contributed by atoms with Gasteiger partial charge in [0, 0.05) is 31.4 Å². The number of urea groups is 1. The Kier molecular flexibility index (Phi) is 14.1. The van der Waals surface area contributed by atoms with Gasteiger partial charge >= 0.3 is 24.1 Å². The lowest BCUT2D eigenvalue weighted by Crippen LogP contribution is -2.46. The van der Waals surface area contributed by atoms with Crippen molar-refractivity contribution in [3.05, 3.63) is 29.6 Å². The highest BCUT2D eigenvalue weighted by atomic mass is 16.4. The number of unbranched alkanes of at least 4 members (excludes halogenated alkanes) is 1. The Bertz CT molecular complexity index is 761. The van der Waals surface area contributed by atoms with Gasteiger partial charge in [0.15, 0.2) is 0 Å². The molecule has 170 valence electrons. The van der Waals surface area contributed by atoms with Crippen molar-refractivity contribution >= 4 is 30.0 Å². The van der Waals surface area contributed by atoms with Crippen LogP contribution in [0.1, 0.15) is 48.2 Å². The number of aliphatic carboxylic acids is 2. The predicted octanol–water partition coefficient (Wildman–Crippen LogP) is 0.324. The molecule has 0 saturated heterocycles. The van der Waals surface area contributed by atoms with Crippen LogP contribution in [0.3, 0.4) is 0 Å². The largest absolute Gasteiger partial charge is 0.481 e. The molecule has 1 heterocycles. The summed E-state index contributed by atoms with van der Waals surface area (Å²) < 4.78 is 0. The van der Waals surface area contributed by atoms with E-state index in [0.717, 1.165) is 5.69 Å². The van der Waals surface area contributed by atoms with E-state index in [9.17, 15) is 24.3 Å². The fraction of sp³-hybridized carbons (Fsp3) is 0.474. The normalized spacial score (nSPS) is 10.5. The van der Waals surface area contributed by atoms with E-state index in [1.807, 2.05) is 6.92 Å². The topological polar surface area (TPSA) is 192 Å². The average molecular weight is 438 g/mol. The number of hydrogen-bond acceptors (Lipinski definition) is 7. The highest BCUT2D eigenvalue weighted by Crippen LogP contribution is 2.03. The quantitative estimate of drug-likeness (QED) is 0.286. The van der Waals surface area contributed by atoms with Crippen molar-refractivity contribution in [3.8, 4) is 0 Å². The predicted molar refractivity (Wildman–Crippen MR) is 105 cm³/mol. The lowest BCUT2D eigenvalue weighted by Gasteiger charge is -2.15. The molecule has 0 aliphatic carbocycles. The molecule has 12 nitrogen and oxygen atoms in total. The van der Waals surface area contributed by atoms with Crippen LogP contribution in [-0.2, 0) is 19.2 Å². The highest BCUT2D eigenvalue weighted by molar-refractivity contribution is 5.93. The van der Waals surface area contributed by atoms with Crippen LogP contribution in [0, 0.1) is 6.92 Å². The first-order chi connectivity index (χ1) is 14.7. The molecule has 1 aromatic rings. The van der Waals surface area contributed by atoms with Gasteiger partial charge in [-0.3, -0.25) is 14.6 Å². The summed E-state index contributed by atoms with van der Waals surface area (Å²) in [5, 5.41) is 25.2. The van der Waals surface area contributed by atoms with Crippen LogP contribution in [0.2, 0.25) is 0 Å². The molecule has 1 atom stereocenters. The number of carbonyl (C=O) groups is 4. The monoisotopic (exact) mass is 438 g/mol. The van der Waals surface area contributed by atoms with Crippen molar-refractivity contribution in [1.29, 1.82) is 0 Å². The minimum atomic E-state index is -1.16. The molecular weight excluding hydrogens is 412 g/mol. The van der Waals surface area contributed by atoms with E-state index in [4.69, 9.17) is 14.7 Å². The second-order valence-corrected chi connectivity index (χ2v) is 6.31. The van der Waals surface area contributed by atoms with Gasteiger partial charge in [0.25, 0.3) is 5.91 Å². The van der Waals surface area contributed by atoms with E-state index in [1.54, 1.807) is 12.1 Å². The van der Waals surface area contributed by atoms with Crippen LogP contribution in [0.15, 0.2) is 18.3 Å². The SMILES string of the molecule is Cc1ccc(C(=O)NCCCC[C@H](NC(=O)NCCCC(=O)O)C(=O)O)cn1.O=C=O. The first-order valence-corrected chi connectivity index (χ1v) is 9.40. The van der Waals surface area contributed by atoms with Crippen LogP contribution in [0.25, 0.3) is 0 Å². The Morgan fingerprint density at radius 2 is 1.68 bits per heavy atom. The van der Waals surface area contributed by atoms with Gasteiger partial charge in [-0.25, -0.2) is 9.59 Å². The zero-order chi connectivity index (χ0) is 23.6. The van der Waals surface area contributed by atoms with Crippen LogP contribution >= 0.6 is 0 Å². The maximum atomic E-state index is 11.9. The molecule has 1 rings (SSSR count). The van der Waals surface area contributed by atoms with Crippen LogP contribution < -0.4 is 16.0 Å². The van der Waals surface area contributed by atoms with Crippen molar-refractivity contribution < 1.29 is 39.0 Å². The Morgan fingerprint density at radius 3 is 2.23 bits per heavy atom. The summed E-state index contributed by atoms with van der Waals surface area (Å²) in [6.45, 7) is 2.34. The second-order valence-electron chi connectivity index (χ2n) is 6.31. The van der Waals surface area contributed by atoms with Gasteiger partial charge in [-0.15, -0.1) is 0 Å². The Hall–Kier alpha value is -3.79. The molecule has 5 N–H and O–H groups in total. The van der Waals surface area contributed by atoms with Gasteiger partial charge < -0.3 is 26.2 Å². The van der Waals surface area contributed by atoms with E-state index in [0.29, 0.717) is 24.9 Å². The molecule has 0 bridgehead atoms. The summed E-state index contributed by atoms with van der Waals surface area (Å²) in [4.78, 5) is 65.5. The summed E-state index contributed by atoms with van der Waals surface area (Å²) >= 11 is 0. The van der Waals surface area contributed by atoms with E-state index in [-0.39, 0.29) is 37.9 Å². The number of aryl methyl sites for hydroxylation is 1. The Balaban J connectivity index is 0.00000282. The van der Waals surface area contributed by atoms with E-state index >= 15 is 0 Å². The molecular formula is C19H26N4O8. The van der Waals surface area contributed by atoms with Crippen molar-refractivity contribution in [1.82, 2.24) is 20.9 Å². The zero-order valence-electron chi connectivity index (χ0n) is 17.1. The Morgan fingerprint density at radius 1 is 1.03 bits per heavy atom. The number of aromatic nitrogens is 1.